The second-order valence-electron chi connectivity index (χ2n) is 4.74. The van der Waals surface area contributed by atoms with E-state index in [0.29, 0.717) is 11.4 Å². The molecule has 0 aliphatic carbocycles. The van der Waals surface area contributed by atoms with Crippen LogP contribution in [0.15, 0.2) is 42.6 Å². The van der Waals surface area contributed by atoms with E-state index in [9.17, 15) is 9.59 Å². The minimum Gasteiger partial charge on any atom is -0.467 e. The monoisotopic (exact) mass is 299 g/mol. The Kier molecular flexibility index (Phi) is 4.83. The lowest BCUT2D eigenvalue weighted by Gasteiger charge is -2.26. The van der Waals surface area contributed by atoms with Crippen molar-refractivity contribution < 1.29 is 14.3 Å². The number of carbonyl (C=O) groups excluding carboxylic acids is 2. The van der Waals surface area contributed by atoms with Gasteiger partial charge in [-0.15, -0.1) is 0 Å². The number of hydrogen-bond acceptors (Lipinski definition) is 5. The van der Waals surface area contributed by atoms with Crippen molar-refractivity contribution in [3.8, 4) is 0 Å². The summed E-state index contributed by atoms with van der Waals surface area (Å²) in [5, 5.41) is 0. The molecular formula is C16H17N3O3. The average Bonchev–Trinajstić information content (AvgIpc) is 2.55. The second kappa shape index (κ2) is 6.80. The van der Waals surface area contributed by atoms with E-state index in [4.69, 9.17) is 4.74 Å². The fourth-order valence-electron chi connectivity index (χ4n) is 2.14. The Morgan fingerprint density at radius 3 is 2.45 bits per heavy atom. The summed E-state index contributed by atoms with van der Waals surface area (Å²) in [4.78, 5) is 34.1. The predicted octanol–water partition coefficient (Wildman–Crippen LogP) is 1.77. The van der Waals surface area contributed by atoms with Crippen molar-refractivity contribution in [3.05, 3.63) is 59.7 Å². The molecule has 0 saturated carbocycles. The van der Waals surface area contributed by atoms with Crippen molar-refractivity contribution in [3.63, 3.8) is 0 Å². The number of hydrogen-bond donors (Lipinski definition) is 0. The molecule has 0 aliphatic rings. The summed E-state index contributed by atoms with van der Waals surface area (Å²) in [6, 6.07) is 9.69. The maximum atomic E-state index is 12.6. The van der Waals surface area contributed by atoms with Crippen molar-refractivity contribution >= 4 is 11.9 Å². The molecule has 0 radical (unpaired) electrons. The Balaban J connectivity index is 2.35. The number of esters is 1. The number of carbonyl (C=O) groups is 2. The molecule has 1 heterocycles. The molecule has 0 aliphatic heterocycles. The number of nitrogens with zero attached hydrogens (tertiary/aromatic N) is 3. The van der Waals surface area contributed by atoms with Crippen molar-refractivity contribution in [2.24, 2.45) is 0 Å². The van der Waals surface area contributed by atoms with Gasteiger partial charge in [0.2, 0.25) is 0 Å². The molecule has 6 heteroatoms. The molecule has 0 fully saturated rings. The van der Waals surface area contributed by atoms with Crippen LogP contribution in [0.3, 0.4) is 0 Å². The zero-order valence-corrected chi connectivity index (χ0v) is 12.7. The SMILES string of the molecule is COC(=O)[C@@H](c1ccccc1)N(C)C(=O)c1ccnc(C)n1. The lowest BCUT2D eigenvalue weighted by Crippen LogP contribution is -2.37. The molecule has 1 atom stereocenters. The quantitative estimate of drug-likeness (QED) is 0.805. The fourth-order valence-corrected chi connectivity index (χ4v) is 2.14. The van der Waals surface area contributed by atoms with E-state index in [2.05, 4.69) is 9.97 Å². The van der Waals surface area contributed by atoms with E-state index in [1.54, 1.807) is 38.2 Å². The van der Waals surface area contributed by atoms with Gasteiger partial charge < -0.3 is 9.64 Å². The summed E-state index contributed by atoms with van der Waals surface area (Å²) in [6.07, 6.45) is 1.51. The summed E-state index contributed by atoms with van der Waals surface area (Å²) in [6.45, 7) is 1.70. The molecule has 0 spiro atoms. The van der Waals surface area contributed by atoms with Gasteiger partial charge in [-0.05, 0) is 18.6 Å². The smallest absolute Gasteiger partial charge is 0.333 e. The van der Waals surface area contributed by atoms with E-state index >= 15 is 0 Å². The molecule has 114 valence electrons. The van der Waals surface area contributed by atoms with Crippen molar-refractivity contribution in [1.29, 1.82) is 0 Å². The Morgan fingerprint density at radius 2 is 1.86 bits per heavy atom. The van der Waals surface area contributed by atoms with Gasteiger partial charge in [0.05, 0.1) is 7.11 Å². The third-order valence-electron chi connectivity index (χ3n) is 3.24. The van der Waals surface area contributed by atoms with Crippen LogP contribution in [-0.2, 0) is 9.53 Å². The van der Waals surface area contributed by atoms with Gasteiger partial charge in [-0.25, -0.2) is 14.8 Å². The van der Waals surface area contributed by atoms with Crippen LogP contribution in [0.2, 0.25) is 0 Å². The first kappa shape index (κ1) is 15.6. The molecule has 0 bridgehead atoms. The molecule has 1 aromatic heterocycles. The maximum Gasteiger partial charge on any atom is 0.333 e. The topological polar surface area (TPSA) is 72.4 Å². The first-order chi connectivity index (χ1) is 10.5. The fraction of sp³-hybridized carbons (Fsp3) is 0.250. The number of rotatable bonds is 4. The number of aromatic nitrogens is 2. The first-order valence-electron chi connectivity index (χ1n) is 6.74. The molecule has 0 unspecified atom stereocenters. The van der Waals surface area contributed by atoms with Crippen LogP contribution < -0.4 is 0 Å². The first-order valence-corrected chi connectivity index (χ1v) is 6.74. The van der Waals surface area contributed by atoms with E-state index in [0.717, 1.165) is 0 Å². The van der Waals surface area contributed by atoms with Crippen molar-refractivity contribution in [1.82, 2.24) is 14.9 Å². The summed E-state index contributed by atoms with van der Waals surface area (Å²) >= 11 is 0. The Hall–Kier alpha value is -2.76. The zero-order chi connectivity index (χ0) is 16.1. The highest BCUT2D eigenvalue weighted by Crippen LogP contribution is 2.22. The van der Waals surface area contributed by atoms with Gasteiger partial charge in [-0.1, -0.05) is 30.3 Å². The second-order valence-corrected chi connectivity index (χ2v) is 4.74. The molecule has 1 amide bonds. The van der Waals surface area contributed by atoms with Crippen molar-refractivity contribution in [2.45, 2.75) is 13.0 Å². The molecule has 0 saturated heterocycles. The number of likely N-dealkylation sites (N-methyl/N-ethyl adjacent to an activating group) is 1. The highest BCUT2D eigenvalue weighted by molar-refractivity contribution is 5.95. The molecule has 1 aromatic carbocycles. The highest BCUT2D eigenvalue weighted by atomic mass is 16.5. The van der Waals surface area contributed by atoms with Gasteiger partial charge >= 0.3 is 5.97 Å². The lowest BCUT2D eigenvalue weighted by molar-refractivity contribution is -0.145. The molecular weight excluding hydrogens is 282 g/mol. The normalized spacial score (nSPS) is 11.6. The van der Waals surface area contributed by atoms with E-state index in [-0.39, 0.29) is 11.6 Å². The van der Waals surface area contributed by atoms with Gasteiger partial charge in [0.1, 0.15) is 11.5 Å². The van der Waals surface area contributed by atoms with E-state index in [1.165, 1.54) is 24.3 Å². The maximum absolute atomic E-state index is 12.6. The Labute approximate surface area is 128 Å². The third-order valence-corrected chi connectivity index (χ3v) is 3.24. The molecule has 2 rings (SSSR count). The van der Waals surface area contributed by atoms with Crippen LogP contribution in [-0.4, -0.2) is 40.9 Å². The zero-order valence-electron chi connectivity index (χ0n) is 12.7. The number of aryl methyl sites for hydroxylation is 1. The van der Waals surface area contributed by atoms with Crippen LogP contribution in [0.1, 0.15) is 27.9 Å². The Morgan fingerprint density at radius 1 is 1.18 bits per heavy atom. The predicted molar refractivity (Wildman–Crippen MR) is 80.1 cm³/mol. The minimum atomic E-state index is -0.825. The van der Waals surface area contributed by atoms with Gasteiger partial charge in [0, 0.05) is 13.2 Å². The number of ether oxygens (including phenoxy) is 1. The van der Waals surface area contributed by atoms with Crippen LogP contribution >= 0.6 is 0 Å². The number of benzene rings is 1. The summed E-state index contributed by atoms with van der Waals surface area (Å²) < 4.78 is 4.83. The minimum absolute atomic E-state index is 0.236. The lowest BCUT2D eigenvalue weighted by atomic mass is 10.1. The van der Waals surface area contributed by atoms with Gasteiger partial charge in [-0.2, -0.15) is 0 Å². The van der Waals surface area contributed by atoms with Gasteiger partial charge in [0.25, 0.3) is 5.91 Å². The largest absolute Gasteiger partial charge is 0.467 e. The summed E-state index contributed by atoms with van der Waals surface area (Å²) in [5.41, 5.74) is 0.913. The number of methoxy groups -OCH3 is 1. The molecule has 0 N–H and O–H groups in total. The van der Waals surface area contributed by atoms with Crippen LogP contribution in [0.25, 0.3) is 0 Å². The summed E-state index contributed by atoms with van der Waals surface area (Å²) in [7, 11) is 2.85. The van der Waals surface area contributed by atoms with Gasteiger partial charge in [-0.3, -0.25) is 4.79 Å². The number of amides is 1. The summed E-state index contributed by atoms with van der Waals surface area (Å²) in [5.74, 6) is -0.383. The molecule has 6 nitrogen and oxygen atoms in total. The standard InChI is InChI=1S/C16H17N3O3/c1-11-17-10-9-13(18-11)15(20)19(2)14(16(21)22-3)12-7-5-4-6-8-12/h4-10,14H,1-3H3/t14-/m1/s1. The van der Waals surface area contributed by atoms with Crippen LogP contribution in [0, 0.1) is 6.92 Å². The molecule has 22 heavy (non-hydrogen) atoms. The highest BCUT2D eigenvalue weighted by Gasteiger charge is 2.30. The van der Waals surface area contributed by atoms with Crippen LogP contribution in [0.5, 0.6) is 0 Å². The van der Waals surface area contributed by atoms with Crippen molar-refractivity contribution in [2.75, 3.05) is 14.2 Å². The van der Waals surface area contributed by atoms with Crippen LogP contribution in [0.4, 0.5) is 0 Å². The average molecular weight is 299 g/mol. The molecule has 2 aromatic rings. The third kappa shape index (κ3) is 3.28. The Bertz CT molecular complexity index is 673. The van der Waals surface area contributed by atoms with E-state index < -0.39 is 12.0 Å². The van der Waals surface area contributed by atoms with E-state index in [1.807, 2.05) is 6.07 Å². The van der Waals surface area contributed by atoms with Gasteiger partial charge in [0.15, 0.2) is 6.04 Å².